The Balaban J connectivity index is 0.00000400. The molecule has 21 heavy (non-hydrogen) atoms. The van der Waals surface area contributed by atoms with E-state index in [1.165, 1.54) is 38.3 Å². The van der Waals surface area contributed by atoms with Gasteiger partial charge >= 0.3 is 41.5 Å². The summed E-state index contributed by atoms with van der Waals surface area (Å²) in [5, 5.41) is 12.4. The van der Waals surface area contributed by atoms with Gasteiger partial charge in [0.15, 0.2) is 0 Å². The predicted molar refractivity (Wildman–Crippen MR) is 79.2 cm³/mol. The molecule has 7 heteroatoms. The summed E-state index contributed by atoms with van der Waals surface area (Å²) >= 11 is 0. The van der Waals surface area contributed by atoms with Gasteiger partial charge in [0.05, 0.1) is 7.11 Å². The Kier molecular flexibility index (Phi) is 8.76. The van der Waals surface area contributed by atoms with Crippen molar-refractivity contribution in [2.75, 3.05) is 7.11 Å². The molecule has 0 atom stereocenters. The average molecular weight is 303 g/mol. The van der Waals surface area contributed by atoms with E-state index < -0.39 is 11.9 Å². The van der Waals surface area contributed by atoms with Crippen LogP contribution in [-0.2, 0) is 20.9 Å². The summed E-state index contributed by atoms with van der Waals surface area (Å²) in [6, 6.07) is 4.42. The molecular weight excluding hydrogens is 285 g/mol. The van der Waals surface area contributed by atoms with Crippen LogP contribution in [0.25, 0.3) is 0 Å². The number of ether oxygens (including phenoxy) is 2. The second-order valence-corrected chi connectivity index (χ2v) is 4.09. The fourth-order valence-electron chi connectivity index (χ4n) is 1.48. The first-order valence-electron chi connectivity index (χ1n) is 5.92. The molecule has 1 aromatic rings. The number of nitrogens with one attached hydrogen (secondary N) is 1. The summed E-state index contributed by atoms with van der Waals surface area (Å²) in [4.78, 5) is 22.0. The van der Waals surface area contributed by atoms with Crippen LogP contribution in [0.2, 0.25) is 0 Å². The molecule has 0 radical (unpaired) electrons. The van der Waals surface area contributed by atoms with Gasteiger partial charge < -0.3 is 19.9 Å². The molecule has 110 valence electrons. The van der Waals surface area contributed by atoms with Crippen LogP contribution in [-0.4, -0.2) is 53.7 Å². The first-order chi connectivity index (χ1) is 9.42. The standard InChI is InChI=1S/C14H17NO5.Na.H/c1-9(6-14(18)19-3)15-8-11-7-12(17)4-5-13(11)20-10(2)16;;/h4-7,15,17H,8H2,1-3H3;;. The van der Waals surface area contributed by atoms with Gasteiger partial charge in [-0.15, -0.1) is 0 Å². The van der Waals surface area contributed by atoms with Crippen molar-refractivity contribution >= 4 is 41.5 Å². The number of aromatic hydroxyl groups is 1. The van der Waals surface area contributed by atoms with Gasteiger partial charge in [0.1, 0.15) is 11.5 Å². The molecule has 0 aliphatic heterocycles. The number of carbonyl (C=O) groups excluding carboxylic acids is 2. The SMILES string of the molecule is COC(=O)C=C(C)NCc1cc(O)ccc1OC(C)=O.[NaH]. The van der Waals surface area contributed by atoms with E-state index in [9.17, 15) is 14.7 Å². The maximum atomic E-state index is 11.1. The second-order valence-electron chi connectivity index (χ2n) is 4.09. The number of hydrogen-bond acceptors (Lipinski definition) is 6. The molecule has 0 bridgehead atoms. The Morgan fingerprint density at radius 1 is 1.33 bits per heavy atom. The zero-order valence-electron chi connectivity index (χ0n) is 11.6. The minimum absolute atomic E-state index is 0. The first kappa shape index (κ1) is 19.5. The third-order valence-corrected chi connectivity index (χ3v) is 2.39. The molecule has 2 N–H and O–H groups in total. The second kappa shape index (κ2) is 9.44. The number of hydrogen-bond donors (Lipinski definition) is 2. The van der Waals surface area contributed by atoms with E-state index in [4.69, 9.17) is 4.74 Å². The molecule has 0 amide bonds. The summed E-state index contributed by atoms with van der Waals surface area (Å²) in [6.07, 6.45) is 1.30. The fraction of sp³-hybridized carbons (Fsp3) is 0.286. The molecule has 0 spiro atoms. The number of methoxy groups -OCH3 is 1. The zero-order valence-corrected chi connectivity index (χ0v) is 11.6. The van der Waals surface area contributed by atoms with Crippen molar-refractivity contribution in [3.8, 4) is 11.5 Å². The third kappa shape index (κ3) is 7.17. The summed E-state index contributed by atoms with van der Waals surface area (Å²) in [5.74, 6) is -0.495. The van der Waals surface area contributed by atoms with Crippen molar-refractivity contribution in [2.24, 2.45) is 0 Å². The fourth-order valence-corrected chi connectivity index (χ4v) is 1.48. The van der Waals surface area contributed by atoms with Gasteiger partial charge in [0, 0.05) is 30.8 Å². The number of rotatable bonds is 5. The van der Waals surface area contributed by atoms with Gasteiger partial charge in [-0.3, -0.25) is 4.79 Å². The molecular formula is C14H18NNaO5. The van der Waals surface area contributed by atoms with Crippen LogP contribution in [0.1, 0.15) is 19.4 Å². The topological polar surface area (TPSA) is 84.9 Å². The summed E-state index contributed by atoms with van der Waals surface area (Å²) < 4.78 is 9.54. The molecule has 0 unspecified atom stereocenters. The van der Waals surface area contributed by atoms with E-state index in [1.807, 2.05) is 0 Å². The monoisotopic (exact) mass is 303 g/mol. The van der Waals surface area contributed by atoms with Crippen LogP contribution in [0.15, 0.2) is 30.0 Å². The van der Waals surface area contributed by atoms with Gasteiger partial charge in [0.25, 0.3) is 0 Å². The van der Waals surface area contributed by atoms with Crippen molar-refractivity contribution in [1.82, 2.24) is 5.32 Å². The number of carbonyl (C=O) groups is 2. The van der Waals surface area contributed by atoms with E-state index >= 15 is 0 Å². The van der Waals surface area contributed by atoms with Crippen LogP contribution in [0, 0.1) is 0 Å². The van der Waals surface area contributed by atoms with E-state index in [0.29, 0.717) is 17.0 Å². The third-order valence-electron chi connectivity index (χ3n) is 2.39. The van der Waals surface area contributed by atoms with Crippen molar-refractivity contribution < 1.29 is 24.2 Å². The van der Waals surface area contributed by atoms with E-state index in [0.717, 1.165) is 0 Å². The number of allylic oxidation sites excluding steroid dienone is 1. The van der Waals surface area contributed by atoms with Crippen LogP contribution in [0.3, 0.4) is 0 Å². The van der Waals surface area contributed by atoms with Gasteiger partial charge in [-0.1, -0.05) is 0 Å². The van der Waals surface area contributed by atoms with Crippen LogP contribution in [0.5, 0.6) is 11.5 Å². The molecule has 0 aromatic heterocycles. The van der Waals surface area contributed by atoms with E-state index in [2.05, 4.69) is 10.1 Å². The Morgan fingerprint density at radius 2 is 2.00 bits per heavy atom. The quantitative estimate of drug-likeness (QED) is 0.363. The van der Waals surface area contributed by atoms with Crippen LogP contribution < -0.4 is 10.1 Å². The predicted octanol–water partition coefficient (Wildman–Crippen LogP) is 0.835. The summed E-state index contributed by atoms with van der Waals surface area (Å²) in [6.45, 7) is 3.29. The van der Waals surface area contributed by atoms with Gasteiger partial charge in [-0.2, -0.15) is 0 Å². The first-order valence-corrected chi connectivity index (χ1v) is 5.92. The van der Waals surface area contributed by atoms with Crippen LogP contribution >= 0.6 is 0 Å². The summed E-state index contributed by atoms with van der Waals surface area (Å²) in [5.41, 5.74) is 1.19. The Hall–Kier alpha value is -1.50. The molecule has 0 aliphatic carbocycles. The van der Waals surface area contributed by atoms with Gasteiger partial charge in [0.2, 0.25) is 0 Å². The Morgan fingerprint density at radius 3 is 2.57 bits per heavy atom. The summed E-state index contributed by atoms with van der Waals surface area (Å²) in [7, 11) is 1.29. The molecule has 0 heterocycles. The van der Waals surface area contributed by atoms with Crippen molar-refractivity contribution in [3.63, 3.8) is 0 Å². The van der Waals surface area contributed by atoms with Crippen molar-refractivity contribution in [3.05, 3.63) is 35.5 Å². The Labute approximate surface area is 145 Å². The number of phenols is 1. The number of phenolic OH excluding ortho intramolecular Hbond substituents is 1. The average Bonchev–Trinajstić information content (AvgIpc) is 2.38. The molecule has 1 aromatic carbocycles. The Bertz CT molecular complexity index is 542. The number of esters is 2. The van der Waals surface area contributed by atoms with Gasteiger partial charge in [-0.25, -0.2) is 4.79 Å². The normalized spacial score (nSPS) is 10.3. The van der Waals surface area contributed by atoms with Crippen LogP contribution in [0.4, 0.5) is 0 Å². The molecule has 0 fully saturated rings. The molecule has 0 aliphatic rings. The molecule has 6 nitrogen and oxygen atoms in total. The molecule has 0 saturated carbocycles. The molecule has 0 saturated heterocycles. The van der Waals surface area contributed by atoms with Gasteiger partial charge in [-0.05, 0) is 25.1 Å². The zero-order chi connectivity index (χ0) is 15.1. The molecule has 1 rings (SSSR count). The maximum absolute atomic E-state index is 11.1. The number of benzene rings is 1. The van der Waals surface area contributed by atoms with Crippen molar-refractivity contribution in [1.29, 1.82) is 0 Å². The minimum atomic E-state index is -0.467. The van der Waals surface area contributed by atoms with E-state index in [1.54, 1.807) is 6.92 Å². The van der Waals surface area contributed by atoms with Crippen molar-refractivity contribution in [2.45, 2.75) is 20.4 Å². The van der Waals surface area contributed by atoms with E-state index in [-0.39, 0.29) is 41.9 Å².